The third-order valence-electron chi connectivity index (χ3n) is 2.54. The summed E-state index contributed by atoms with van der Waals surface area (Å²) in [6.45, 7) is 0. The first-order chi connectivity index (χ1) is 4.45. The second-order valence-electron chi connectivity index (χ2n) is 3.11. The number of rotatable bonds is 0. The van der Waals surface area contributed by atoms with Crippen LogP contribution in [0.25, 0.3) is 0 Å². The molecule has 1 heterocycles. The molecule has 2 aliphatic carbocycles. The van der Waals surface area contributed by atoms with Gasteiger partial charge in [0.25, 0.3) is 0 Å². The van der Waals surface area contributed by atoms with Gasteiger partial charge in [0.2, 0.25) is 0 Å². The van der Waals surface area contributed by atoms with Crippen molar-refractivity contribution in [2.24, 2.45) is 5.92 Å². The molecule has 0 saturated heterocycles. The third kappa shape index (κ3) is 0.363. The summed E-state index contributed by atoms with van der Waals surface area (Å²) < 4.78 is 0. The first kappa shape index (κ1) is 4.09. The molecule has 2 nitrogen and oxygen atoms in total. The average molecular weight is 120 g/mol. The molecule has 1 unspecified atom stereocenters. The second kappa shape index (κ2) is 1.06. The minimum atomic E-state index is 0.902. The monoisotopic (exact) mass is 120 g/mol. The van der Waals surface area contributed by atoms with Crippen LogP contribution in [0.2, 0.25) is 0 Å². The van der Waals surface area contributed by atoms with Crippen molar-refractivity contribution >= 4 is 0 Å². The van der Waals surface area contributed by atoms with E-state index >= 15 is 0 Å². The lowest BCUT2D eigenvalue weighted by Gasteiger charge is -1.87. The molecule has 1 N–H and O–H groups in total. The summed E-state index contributed by atoms with van der Waals surface area (Å²) in [7, 11) is 0. The molecule has 1 fully saturated rings. The van der Waals surface area contributed by atoms with Crippen molar-refractivity contribution in [1.29, 1.82) is 0 Å². The molecular formula is C7H8N2. The van der Waals surface area contributed by atoms with E-state index < -0.39 is 0 Å². The maximum atomic E-state index is 4.00. The van der Waals surface area contributed by atoms with Gasteiger partial charge in [-0.25, -0.2) is 0 Å². The fraction of sp³-hybridized carbons (Fsp3) is 0.571. The third-order valence-corrected chi connectivity index (χ3v) is 2.54. The maximum absolute atomic E-state index is 4.00. The molecule has 3 rings (SSSR count). The molecule has 1 saturated carbocycles. The zero-order chi connectivity index (χ0) is 5.84. The van der Waals surface area contributed by atoms with Gasteiger partial charge in [0.1, 0.15) is 0 Å². The van der Waals surface area contributed by atoms with E-state index in [4.69, 9.17) is 0 Å². The van der Waals surface area contributed by atoms with E-state index in [0.717, 1.165) is 11.8 Å². The first-order valence-electron chi connectivity index (χ1n) is 3.47. The van der Waals surface area contributed by atoms with Crippen molar-refractivity contribution in [2.45, 2.75) is 18.8 Å². The highest BCUT2D eigenvalue weighted by atomic mass is 15.1. The highest BCUT2D eigenvalue weighted by molar-refractivity contribution is 5.35. The molecule has 2 aliphatic rings. The second-order valence-corrected chi connectivity index (χ2v) is 3.11. The SMILES string of the molecule is c1n[nH]c2c1[C@H]1CC1C2. The van der Waals surface area contributed by atoms with E-state index in [-0.39, 0.29) is 0 Å². The number of H-pyrrole nitrogens is 1. The van der Waals surface area contributed by atoms with Crippen LogP contribution in [0.5, 0.6) is 0 Å². The summed E-state index contributed by atoms with van der Waals surface area (Å²) in [6.07, 6.45) is 4.68. The number of hydrogen-bond acceptors (Lipinski definition) is 1. The quantitative estimate of drug-likeness (QED) is 0.545. The molecule has 1 aromatic rings. The lowest BCUT2D eigenvalue weighted by molar-refractivity contribution is 0.816. The van der Waals surface area contributed by atoms with Gasteiger partial charge in [-0.3, -0.25) is 5.10 Å². The van der Waals surface area contributed by atoms with Gasteiger partial charge in [-0.15, -0.1) is 0 Å². The van der Waals surface area contributed by atoms with Crippen LogP contribution in [0.3, 0.4) is 0 Å². The maximum Gasteiger partial charge on any atom is 0.0525 e. The summed E-state index contributed by atoms with van der Waals surface area (Å²) >= 11 is 0. The number of fused-ring (bicyclic) bond motifs is 3. The molecule has 0 bridgehead atoms. The van der Waals surface area contributed by atoms with Gasteiger partial charge in [0.15, 0.2) is 0 Å². The van der Waals surface area contributed by atoms with Gasteiger partial charge in [-0.05, 0) is 30.2 Å². The van der Waals surface area contributed by atoms with Gasteiger partial charge < -0.3 is 0 Å². The van der Waals surface area contributed by atoms with E-state index in [9.17, 15) is 0 Å². The van der Waals surface area contributed by atoms with Crippen molar-refractivity contribution in [3.05, 3.63) is 17.5 Å². The van der Waals surface area contributed by atoms with E-state index in [1.165, 1.54) is 24.1 Å². The predicted octanol–water partition coefficient (Wildman–Crippen LogP) is 1.07. The van der Waals surface area contributed by atoms with Crippen LogP contribution in [0.15, 0.2) is 6.20 Å². The summed E-state index contributed by atoms with van der Waals surface area (Å²) in [4.78, 5) is 0. The Kier molecular flexibility index (Phi) is 0.481. The molecule has 2 atom stereocenters. The molecule has 0 aromatic carbocycles. The summed E-state index contributed by atoms with van der Waals surface area (Å²) in [6, 6.07) is 0. The Hall–Kier alpha value is -0.790. The minimum Gasteiger partial charge on any atom is -0.282 e. The van der Waals surface area contributed by atoms with Crippen LogP contribution in [0, 0.1) is 5.92 Å². The number of hydrogen-bond donors (Lipinski definition) is 1. The van der Waals surface area contributed by atoms with Crippen molar-refractivity contribution in [3.63, 3.8) is 0 Å². The number of nitrogens with zero attached hydrogens (tertiary/aromatic N) is 1. The molecular weight excluding hydrogens is 112 g/mol. The standard InChI is InChI=1S/C7H8N2/c1-4-2-7-6(5(1)4)3-8-9-7/h3-5H,1-2H2,(H,8,9)/t4?,5-/m0/s1. The number of aromatic nitrogens is 2. The normalized spacial score (nSPS) is 36.0. The minimum absolute atomic E-state index is 0.902. The van der Waals surface area contributed by atoms with Gasteiger partial charge in [0.05, 0.1) is 6.20 Å². The summed E-state index contributed by atoms with van der Waals surface area (Å²) in [5.74, 6) is 1.90. The van der Waals surface area contributed by atoms with Crippen molar-refractivity contribution in [3.8, 4) is 0 Å². The van der Waals surface area contributed by atoms with Crippen molar-refractivity contribution in [1.82, 2.24) is 10.2 Å². The molecule has 2 heteroatoms. The topological polar surface area (TPSA) is 28.7 Å². The number of aromatic amines is 1. The summed E-state index contributed by atoms with van der Waals surface area (Å²) in [5.41, 5.74) is 2.90. The Labute approximate surface area is 53.3 Å². The molecule has 0 amide bonds. The highest BCUT2D eigenvalue weighted by Crippen LogP contribution is 2.55. The Morgan fingerprint density at radius 3 is 3.56 bits per heavy atom. The smallest absolute Gasteiger partial charge is 0.0525 e. The molecule has 46 valence electrons. The molecule has 0 aliphatic heterocycles. The Morgan fingerprint density at radius 2 is 2.67 bits per heavy atom. The predicted molar refractivity (Wildman–Crippen MR) is 33.1 cm³/mol. The van der Waals surface area contributed by atoms with Crippen LogP contribution >= 0.6 is 0 Å². The summed E-state index contributed by atoms with van der Waals surface area (Å²) in [5, 5.41) is 7.02. The lowest BCUT2D eigenvalue weighted by Crippen LogP contribution is -1.82. The van der Waals surface area contributed by atoms with Gasteiger partial charge in [-0.1, -0.05) is 0 Å². The Morgan fingerprint density at radius 1 is 1.67 bits per heavy atom. The van der Waals surface area contributed by atoms with Crippen LogP contribution in [-0.4, -0.2) is 10.2 Å². The van der Waals surface area contributed by atoms with Gasteiger partial charge in [0, 0.05) is 5.69 Å². The largest absolute Gasteiger partial charge is 0.282 e. The van der Waals surface area contributed by atoms with Crippen LogP contribution in [-0.2, 0) is 6.42 Å². The lowest BCUT2D eigenvalue weighted by atomic mass is 10.2. The fourth-order valence-electron chi connectivity index (χ4n) is 1.92. The van der Waals surface area contributed by atoms with Crippen molar-refractivity contribution in [2.75, 3.05) is 0 Å². The van der Waals surface area contributed by atoms with E-state index in [1.54, 1.807) is 0 Å². The van der Waals surface area contributed by atoms with E-state index in [1.807, 2.05) is 6.20 Å². The van der Waals surface area contributed by atoms with Gasteiger partial charge in [-0.2, -0.15) is 5.10 Å². The van der Waals surface area contributed by atoms with Crippen LogP contribution < -0.4 is 0 Å². The Bertz CT molecular complexity index is 251. The molecule has 0 radical (unpaired) electrons. The van der Waals surface area contributed by atoms with E-state index in [2.05, 4.69) is 10.2 Å². The average Bonchev–Trinajstić information content (AvgIpc) is 2.38. The van der Waals surface area contributed by atoms with Gasteiger partial charge >= 0.3 is 0 Å². The molecule has 0 spiro atoms. The first-order valence-corrected chi connectivity index (χ1v) is 3.47. The molecule has 9 heavy (non-hydrogen) atoms. The van der Waals surface area contributed by atoms with Crippen LogP contribution in [0.4, 0.5) is 0 Å². The molecule has 1 aromatic heterocycles. The Balaban J connectivity index is 2.25. The highest BCUT2D eigenvalue weighted by Gasteiger charge is 2.46. The fourth-order valence-corrected chi connectivity index (χ4v) is 1.92. The zero-order valence-electron chi connectivity index (χ0n) is 5.09. The zero-order valence-corrected chi connectivity index (χ0v) is 5.09. The number of nitrogens with one attached hydrogen (secondary N) is 1. The van der Waals surface area contributed by atoms with Crippen molar-refractivity contribution < 1.29 is 0 Å². The van der Waals surface area contributed by atoms with Crippen LogP contribution in [0.1, 0.15) is 23.6 Å². The van der Waals surface area contributed by atoms with E-state index in [0.29, 0.717) is 0 Å².